The maximum absolute atomic E-state index is 11.4. The summed E-state index contributed by atoms with van der Waals surface area (Å²) in [5.41, 5.74) is 0.923. The van der Waals surface area contributed by atoms with Crippen molar-refractivity contribution in [1.82, 2.24) is 15.3 Å². The number of carbonyl (C=O) groups is 2. The molecule has 0 aliphatic carbocycles. The summed E-state index contributed by atoms with van der Waals surface area (Å²) in [6.07, 6.45) is 1.40. The summed E-state index contributed by atoms with van der Waals surface area (Å²) in [6, 6.07) is 10.9. The van der Waals surface area contributed by atoms with Crippen LogP contribution < -0.4 is 5.32 Å². The lowest BCUT2D eigenvalue weighted by Gasteiger charge is -2.02. The van der Waals surface area contributed by atoms with Gasteiger partial charge < -0.3 is 4.42 Å². The van der Waals surface area contributed by atoms with Crippen molar-refractivity contribution in [3.05, 3.63) is 42.2 Å². The highest BCUT2D eigenvalue weighted by molar-refractivity contribution is 7.21. The van der Waals surface area contributed by atoms with Gasteiger partial charge in [-0.1, -0.05) is 12.1 Å². The number of rotatable bonds is 3. The van der Waals surface area contributed by atoms with Gasteiger partial charge in [0.25, 0.3) is 0 Å². The number of hydrogen-bond donors (Lipinski definition) is 1. The molecule has 7 nitrogen and oxygen atoms in total. The molecule has 1 N–H and O–H groups in total. The van der Waals surface area contributed by atoms with E-state index >= 15 is 0 Å². The van der Waals surface area contributed by atoms with Crippen molar-refractivity contribution in [2.75, 3.05) is 6.54 Å². The Bertz CT molecular complexity index is 910. The van der Waals surface area contributed by atoms with Gasteiger partial charge in [-0.3, -0.25) is 10.1 Å². The third-order valence-electron chi connectivity index (χ3n) is 3.23. The molecule has 114 valence electrons. The molecule has 1 fully saturated rings. The number of aromatic nitrogens is 1. The van der Waals surface area contributed by atoms with Crippen molar-refractivity contribution in [3.63, 3.8) is 0 Å². The Morgan fingerprint density at radius 2 is 2.13 bits per heavy atom. The largest absolute Gasteiger partial charge is 0.453 e. The van der Waals surface area contributed by atoms with Gasteiger partial charge in [0.1, 0.15) is 12.3 Å². The lowest BCUT2D eigenvalue weighted by molar-refractivity contribution is -0.118. The zero-order valence-electron chi connectivity index (χ0n) is 11.7. The first-order valence-electron chi connectivity index (χ1n) is 6.80. The second kappa shape index (κ2) is 5.33. The van der Waals surface area contributed by atoms with Crippen molar-refractivity contribution in [2.45, 2.75) is 0 Å². The molecule has 8 heteroatoms. The Kier molecular flexibility index (Phi) is 3.16. The quantitative estimate of drug-likeness (QED) is 0.591. The third kappa shape index (κ3) is 2.59. The van der Waals surface area contributed by atoms with Crippen LogP contribution in [0.25, 0.3) is 21.0 Å². The molecule has 1 aliphatic heterocycles. The van der Waals surface area contributed by atoms with Crippen LogP contribution in [-0.2, 0) is 4.79 Å². The van der Waals surface area contributed by atoms with Crippen LogP contribution in [0.4, 0.5) is 4.79 Å². The van der Waals surface area contributed by atoms with Gasteiger partial charge in [-0.2, -0.15) is 5.10 Å². The summed E-state index contributed by atoms with van der Waals surface area (Å²) in [5, 5.41) is 7.91. The van der Waals surface area contributed by atoms with E-state index in [1.807, 2.05) is 24.3 Å². The van der Waals surface area contributed by atoms with Crippen LogP contribution in [-0.4, -0.2) is 34.7 Å². The molecule has 3 aromatic rings. The van der Waals surface area contributed by atoms with Crippen molar-refractivity contribution >= 4 is 39.7 Å². The molecular weight excluding hydrogens is 316 g/mol. The molecule has 0 spiro atoms. The first kappa shape index (κ1) is 13.6. The number of nitrogens with zero attached hydrogens (tertiary/aromatic N) is 3. The number of hydrazone groups is 1. The van der Waals surface area contributed by atoms with Crippen LogP contribution in [0.1, 0.15) is 5.76 Å². The van der Waals surface area contributed by atoms with Gasteiger partial charge in [-0.05, 0) is 24.3 Å². The topological polar surface area (TPSA) is 87.8 Å². The molecule has 2 aromatic heterocycles. The average molecular weight is 326 g/mol. The number of hydrogen-bond acceptors (Lipinski definition) is 6. The average Bonchev–Trinajstić information content (AvgIpc) is 3.23. The van der Waals surface area contributed by atoms with Crippen molar-refractivity contribution in [1.29, 1.82) is 0 Å². The lowest BCUT2D eigenvalue weighted by Crippen LogP contribution is -2.24. The van der Waals surface area contributed by atoms with Gasteiger partial charge in [0.05, 0.1) is 16.4 Å². The van der Waals surface area contributed by atoms with Gasteiger partial charge in [-0.15, -0.1) is 11.3 Å². The van der Waals surface area contributed by atoms with E-state index in [1.54, 1.807) is 12.1 Å². The van der Waals surface area contributed by atoms with E-state index in [2.05, 4.69) is 15.4 Å². The molecule has 1 aromatic carbocycles. The summed E-state index contributed by atoms with van der Waals surface area (Å²) in [6.45, 7) is -0.0826. The molecule has 0 unspecified atom stereocenters. The fraction of sp³-hybridized carbons (Fsp3) is 0.0667. The minimum absolute atomic E-state index is 0.0826. The predicted octanol–water partition coefficient (Wildman–Crippen LogP) is 2.44. The van der Waals surface area contributed by atoms with E-state index in [4.69, 9.17) is 4.42 Å². The number of imide groups is 1. The van der Waals surface area contributed by atoms with Crippen LogP contribution in [0, 0.1) is 0 Å². The smallest absolute Gasteiger partial charge is 0.344 e. The normalized spacial score (nSPS) is 15.0. The molecule has 1 aliphatic rings. The Morgan fingerprint density at radius 3 is 2.91 bits per heavy atom. The Hall–Kier alpha value is -3.00. The molecule has 4 rings (SSSR count). The number of urea groups is 1. The van der Waals surface area contributed by atoms with Gasteiger partial charge in [0, 0.05) is 0 Å². The van der Waals surface area contributed by atoms with Crippen LogP contribution >= 0.6 is 11.3 Å². The van der Waals surface area contributed by atoms with E-state index in [1.165, 1.54) is 17.6 Å². The van der Waals surface area contributed by atoms with E-state index in [0.717, 1.165) is 20.2 Å². The van der Waals surface area contributed by atoms with Crippen LogP contribution in [0.15, 0.2) is 45.9 Å². The molecule has 0 atom stereocenters. The fourth-order valence-electron chi connectivity index (χ4n) is 2.17. The van der Waals surface area contributed by atoms with Crippen molar-refractivity contribution in [3.8, 4) is 10.8 Å². The number of fused-ring (bicyclic) bond motifs is 1. The predicted molar refractivity (Wildman–Crippen MR) is 85.2 cm³/mol. The van der Waals surface area contributed by atoms with E-state index in [-0.39, 0.29) is 12.5 Å². The van der Waals surface area contributed by atoms with Crippen molar-refractivity contribution in [2.24, 2.45) is 5.10 Å². The molecule has 23 heavy (non-hydrogen) atoms. The number of furan rings is 1. The van der Waals surface area contributed by atoms with E-state index < -0.39 is 6.03 Å². The molecule has 1 saturated heterocycles. The second-order valence-corrected chi connectivity index (χ2v) is 5.87. The summed E-state index contributed by atoms with van der Waals surface area (Å²) < 4.78 is 6.76. The second-order valence-electron chi connectivity index (χ2n) is 4.84. The molecule has 0 radical (unpaired) electrons. The maximum Gasteiger partial charge on any atom is 0.344 e. The summed E-state index contributed by atoms with van der Waals surface area (Å²) in [7, 11) is 0. The number of amides is 3. The highest BCUT2D eigenvalue weighted by atomic mass is 32.1. The van der Waals surface area contributed by atoms with Gasteiger partial charge in [-0.25, -0.2) is 14.8 Å². The molecule has 3 heterocycles. The summed E-state index contributed by atoms with van der Waals surface area (Å²) in [4.78, 5) is 27.0. The first-order valence-corrected chi connectivity index (χ1v) is 7.62. The monoisotopic (exact) mass is 326 g/mol. The first-order chi connectivity index (χ1) is 11.2. The van der Waals surface area contributed by atoms with Gasteiger partial charge in [0.15, 0.2) is 10.8 Å². The van der Waals surface area contributed by atoms with Crippen LogP contribution in [0.5, 0.6) is 0 Å². The van der Waals surface area contributed by atoms with Gasteiger partial charge >= 0.3 is 6.03 Å². The number of benzene rings is 1. The Morgan fingerprint density at radius 1 is 1.26 bits per heavy atom. The Balaban J connectivity index is 1.57. The minimum Gasteiger partial charge on any atom is -0.453 e. The molecular formula is C15H10N4O3S. The highest BCUT2D eigenvalue weighted by Gasteiger charge is 2.26. The highest BCUT2D eigenvalue weighted by Crippen LogP contribution is 2.30. The molecule has 3 amide bonds. The molecule has 0 bridgehead atoms. The SMILES string of the molecule is O=C1CN(/N=C\c2ccc(-c3nc4ccccc4s3)o2)C(=O)N1. The fourth-order valence-corrected chi connectivity index (χ4v) is 3.09. The van der Waals surface area contributed by atoms with Crippen LogP contribution in [0.2, 0.25) is 0 Å². The van der Waals surface area contributed by atoms with Crippen LogP contribution in [0.3, 0.4) is 0 Å². The number of para-hydroxylation sites is 1. The Labute approximate surface area is 134 Å². The number of nitrogens with one attached hydrogen (secondary N) is 1. The van der Waals surface area contributed by atoms with Gasteiger partial charge in [0.2, 0.25) is 5.91 Å². The maximum atomic E-state index is 11.4. The lowest BCUT2D eigenvalue weighted by atomic mass is 10.3. The minimum atomic E-state index is -0.538. The third-order valence-corrected chi connectivity index (χ3v) is 4.28. The number of carbonyl (C=O) groups excluding carboxylic acids is 2. The molecule has 0 saturated carbocycles. The summed E-state index contributed by atoms with van der Waals surface area (Å²) >= 11 is 1.54. The summed E-state index contributed by atoms with van der Waals surface area (Å²) in [5.74, 6) is 0.739. The van der Waals surface area contributed by atoms with E-state index in [9.17, 15) is 9.59 Å². The standard InChI is InChI=1S/C15H10N4O3S/c20-13-8-19(15(21)18-13)16-7-9-5-6-11(22-9)14-17-10-3-1-2-4-12(10)23-14/h1-7H,8H2,(H,18,20,21)/b16-7-. The number of thiazole rings is 1. The zero-order valence-corrected chi connectivity index (χ0v) is 12.5. The zero-order chi connectivity index (χ0) is 15.8. The van der Waals surface area contributed by atoms with E-state index in [0.29, 0.717) is 11.5 Å². The van der Waals surface area contributed by atoms with Crippen molar-refractivity contribution < 1.29 is 14.0 Å².